The molecule has 0 aromatic heterocycles. The lowest BCUT2D eigenvalue weighted by Gasteiger charge is -2.18. The Hall–Kier alpha value is -1.06. The highest BCUT2D eigenvalue weighted by atomic mass is 16.2. The number of carbonyl (C=O) groups excluding carboxylic acids is 2. The van der Waals surface area contributed by atoms with E-state index in [0.717, 1.165) is 25.7 Å². The smallest absolute Gasteiger partial charge is 0.313 e. The van der Waals surface area contributed by atoms with Crippen molar-refractivity contribution in [3.63, 3.8) is 0 Å². The molecule has 0 N–H and O–H groups in total. The Bertz CT molecular complexity index is 266. The number of rotatable bonds is 6. The summed E-state index contributed by atoms with van der Waals surface area (Å²) in [7, 11) is 0. The molecule has 0 aromatic rings. The number of urea groups is 1. The number of hydrogen-bond acceptors (Lipinski definition) is 2. The van der Waals surface area contributed by atoms with Gasteiger partial charge in [-0.3, -0.25) is 9.69 Å². The Morgan fingerprint density at radius 1 is 1.06 bits per heavy atom. The Morgan fingerprint density at radius 3 is 2.19 bits per heavy atom. The summed E-state index contributed by atoms with van der Waals surface area (Å²) in [5, 5.41) is 0. The van der Waals surface area contributed by atoms with Gasteiger partial charge in [0.1, 0.15) is 6.04 Å². The van der Waals surface area contributed by atoms with E-state index in [9.17, 15) is 9.59 Å². The van der Waals surface area contributed by atoms with Crippen molar-refractivity contribution < 1.29 is 9.59 Å². The molecule has 0 aliphatic carbocycles. The maximum absolute atomic E-state index is 12.0. The van der Waals surface area contributed by atoms with Crippen molar-refractivity contribution in [2.75, 3.05) is 13.1 Å². The van der Waals surface area contributed by atoms with Crippen LogP contribution in [0.15, 0.2) is 0 Å². The minimum Gasteiger partial charge on any atom is -0.313 e. The average Bonchev–Trinajstić information content (AvgIpc) is 2.47. The second-order valence-electron chi connectivity index (χ2n) is 4.35. The Morgan fingerprint density at radius 2 is 1.62 bits per heavy atom. The summed E-state index contributed by atoms with van der Waals surface area (Å²) < 4.78 is 0. The molecule has 0 saturated carbocycles. The van der Waals surface area contributed by atoms with Gasteiger partial charge in [-0.2, -0.15) is 0 Å². The maximum Gasteiger partial charge on any atom is 0.327 e. The molecule has 1 unspecified atom stereocenters. The Balaban J connectivity index is 2.62. The van der Waals surface area contributed by atoms with Gasteiger partial charge in [0.25, 0.3) is 5.91 Å². The van der Waals surface area contributed by atoms with Crippen LogP contribution in [-0.4, -0.2) is 40.9 Å². The fraction of sp³-hybridized carbons (Fsp3) is 0.833. The second-order valence-corrected chi connectivity index (χ2v) is 4.35. The van der Waals surface area contributed by atoms with Gasteiger partial charge in [-0.25, -0.2) is 4.79 Å². The molecular formula is C12H22N2O2. The van der Waals surface area contributed by atoms with Crippen LogP contribution < -0.4 is 0 Å². The van der Waals surface area contributed by atoms with Gasteiger partial charge in [0, 0.05) is 13.1 Å². The molecule has 1 rings (SSSR count). The van der Waals surface area contributed by atoms with Gasteiger partial charge in [-0.1, -0.05) is 26.7 Å². The first-order chi connectivity index (χ1) is 7.63. The number of nitrogens with zero attached hydrogens (tertiary/aromatic N) is 2. The van der Waals surface area contributed by atoms with Crippen LogP contribution in [0.25, 0.3) is 0 Å². The fourth-order valence-corrected chi connectivity index (χ4v) is 1.91. The Kier molecular flexibility index (Phi) is 4.77. The summed E-state index contributed by atoms with van der Waals surface area (Å²) >= 11 is 0. The van der Waals surface area contributed by atoms with E-state index in [4.69, 9.17) is 0 Å². The molecule has 0 spiro atoms. The lowest BCUT2D eigenvalue weighted by atomic mass is 10.2. The number of amides is 3. The molecule has 3 amide bonds. The highest BCUT2D eigenvalue weighted by Gasteiger charge is 2.41. The van der Waals surface area contributed by atoms with Gasteiger partial charge >= 0.3 is 6.03 Å². The van der Waals surface area contributed by atoms with Crippen molar-refractivity contribution in [3.05, 3.63) is 0 Å². The molecule has 4 heteroatoms. The molecule has 0 bridgehead atoms. The molecule has 1 aliphatic heterocycles. The molecule has 1 aliphatic rings. The summed E-state index contributed by atoms with van der Waals surface area (Å²) in [6.07, 6.45) is 3.90. The van der Waals surface area contributed by atoms with Crippen molar-refractivity contribution in [2.24, 2.45) is 0 Å². The standard InChI is InChI=1S/C12H22N2O2/c1-4-6-8-13-10(3)11(15)14(12(13)16)9-7-5-2/h10H,4-9H2,1-3H3. The summed E-state index contributed by atoms with van der Waals surface area (Å²) in [4.78, 5) is 26.9. The largest absolute Gasteiger partial charge is 0.327 e. The van der Waals surface area contributed by atoms with Gasteiger partial charge in [-0.05, 0) is 19.8 Å². The van der Waals surface area contributed by atoms with E-state index in [1.165, 1.54) is 4.90 Å². The number of hydrogen-bond donors (Lipinski definition) is 0. The third-order valence-corrected chi connectivity index (χ3v) is 3.06. The number of imide groups is 1. The molecule has 1 saturated heterocycles. The number of unbranched alkanes of at least 4 members (excludes halogenated alkanes) is 2. The van der Waals surface area contributed by atoms with E-state index in [0.29, 0.717) is 13.1 Å². The van der Waals surface area contributed by atoms with Crippen molar-refractivity contribution >= 4 is 11.9 Å². The van der Waals surface area contributed by atoms with Crippen LogP contribution in [0.2, 0.25) is 0 Å². The highest BCUT2D eigenvalue weighted by Crippen LogP contribution is 2.18. The highest BCUT2D eigenvalue weighted by molar-refractivity contribution is 6.03. The summed E-state index contributed by atoms with van der Waals surface area (Å²) in [5.74, 6) is -0.0328. The van der Waals surface area contributed by atoms with Crippen molar-refractivity contribution in [2.45, 2.75) is 52.5 Å². The topological polar surface area (TPSA) is 40.6 Å². The second kappa shape index (κ2) is 5.87. The molecule has 1 atom stereocenters. The van der Waals surface area contributed by atoms with Crippen LogP contribution in [0.5, 0.6) is 0 Å². The molecule has 16 heavy (non-hydrogen) atoms. The predicted molar refractivity (Wildman–Crippen MR) is 63.1 cm³/mol. The summed E-state index contributed by atoms with van der Waals surface area (Å²) in [6, 6.07) is -0.365. The molecule has 0 radical (unpaired) electrons. The first-order valence-electron chi connectivity index (χ1n) is 6.25. The molecule has 92 valence electrons. The number of carbonyl (C=O) groups is 2. The SMILES string of the molecule is CCCCN1C(=O)C(C)N(CCCC)C1=O. The van der Waals surface area contributed by atoms with Crippen LogP contribution in [0.3, 0.4) is 0 Å². The van der Waals surface area contributed by atoms with E-state index < -0.39 is 0 Å². The van der Waals surface area contributed by atoms with Crippen LogP contribution >= 0.6 is 0 Å². The van der Waals surface area contributed by atoms with Crippen LogP contribution in [-0.2, 0) is 4.79 Å². The maximum atomic E-state index is 12.0. The molecular weight excluding hydrogens is 204 g/mol. The monoisotopic (exact) mass is 226 g/mol. The van der Waals surface area contributed by atoms with Gasteiger partial charge in [0.15, 0.2) is 0 Å². The fourth-order valence-electron chi connectivity index (χ4n) is 1.91. The summed E-state index contributed by atoms with van der Waals surface area (Å²) in [5.41, 5.74) is 0. The van der Waals surface area contributed by atoms with E-state index in [-0.39, 0.29) is 18.0 Å². The van der Waals surface area contributed by atoms with Gasteiger partial charge < -0.3 is 4.90 Å². The zero-order chi connectivity index (χ0) is 12.1. The quantitative estimate of drug-likeness (QED) is 0.652. The normalized spacial score (nSPS) is 21.1. The van der Waals surface area contributed by atoms with E-state index >= 15 is 0 Å². The lowest BCUT2D eigenvalue weighted by molar-refractivity contribution is -0.127. The first-order valence-corrected chi connectivity index (χ1v) is 6.25. The van der Waals surface area contributed by atoms with Crippen molar-refractivity contribution in [3.8, 4) is 0 Å². The van der Waals surface area contributed by atoms with E-state index in [2.05, 4.69) is 13.8 Å². The van der Waals surface area contributed by atoms with Crippen LogP contribution in [0.1, 0.15) is 46.5 Å². The molecule has 4 nitrogen and oxygen atoms in total. The molecule has 1 fully saturated rings. The van der Waals surface area contributed by atoms with Gasteiger partial charge in [0.05, 0.1) is 0 Å². The zero-order valence-electron chi connectivity index (χ0n) is 10.5. The third kappa shape index (κ3) is 2.54. The van der Waals surface area contributed by atoms with Crippen molar-refractivity contribution in [1.29, 1.82) is 0 Å². The average molecular weight is 226 g/mol. The first kappa shape index (κ1) is 13.0. The van der Waals surface area contributed by atoms with Crippen molar-refractivity contribution in [1.82, 2.24) is 9.80 Å². The van der Waals surface area contributed by atoms with Crippen LogP contribution in [0.4, 0.5) is 4.79 Å². The van der Waals surface area contributed by atoms with Gasteiger partial charge in [0.2, 0.25) is 0 Å². The van der Waals surface area contributed by atoms with E-state index in [1.54, 1.807) is 4.90 Å². The lowest BCUT2D eigenvalue weighted by Crippen LogP contribution is -2.35. The predicted octanol–water partition coefficient (Wildman–Crippen LogP) is 2.24. The zero-order valence-corrected chi connectivity index (χ0v) is 10.5. The minimum atomic E-state index is -0.268. The van der Waals surface area contributed by atoms with Gasteiger partial charge in [-0.15, -0.1) is 0 Å². The third-order valence-electron chi connectivity index (χ3n) is 3.06. The Labute approximate surface area is 97.6 Å². The summed E-state index contributed by atoms with van der Waals surface area (Å²) in [6.45, 7) is 7.24. The van der Waals surface area contributed by atoms with E-state index in [1.807, 2.05) is 6.92 Å². The minimum absolute atomic E-state index is 0.0328. The molecule has 0 aromatic carbocycles. The van der Waals surface area contributed by atoms with Crippen LogP contribution in [0, 0.1) is 0 Å². The molecule has 1 heterocycles.